The Hall–Kier alpha value is -3.71. The van der Waals surface area contributed by atoms with Gasteiger partial charge in [-0.2, -0.15) is 13.2 Å². The van der Waals surface area contributed by atoms with Gasteiger partial charge in [0.15, 0.2) is 11.5 Å². The molecule has 3 aromatic rings. The van der Waals surface area contributed by atoms with E-state index in [0.717, 1.165) is 10.4 Å². The number of benzene rings is 2. The summed E-state index contributed by atoms with van der Waals surface area (Å²) in [6.07, 6.45) is -4.66. The van der Waals surface area contributed by atoms with Crippen molar-refractivity contribution in [3.63, 3.8) is 0 Å². The molecule has 222 valence electrons. The zero-order chi connectivity index (χ0) is 30.5. The lowest BCUT2D eigenvalue weighted by Gasteiger charge is -2.29. The molecule has 9 nitrogen and oxygen atoms in total. The van der Waals surface area contributed by atoms with E-state index < -0.39 is 34.3 Å². The van der Waals surface area contributed by atoms with Crippen LogP contribution in [0.25, 0.3) is 0 Å². The monoisotopic (exact) mass is 614 g/mol. The minimum absolute atomic E-state index is 0.00281. The Labute approximate surface area is 242 Å². The van der Waals surface area contributed by atoms with Crippen molar-refractivity contribution < 1.29 is 35.9 Å². The van der Waals surface area contributed by atoms with Crippen LogP contribution in [0.3, 0.4) is 0 Å². The zero-order valence-corrected chi connectivity index (χ0v) is 24.6. The molecule has 1 aromatic heterocycles. The van der Waals surface area contributed by atoms with E-state index in [0.29, 0.717) is 11.4 Å². The van der Waals surface area contributed by atoms with Gasteiger partial charge in [-0.25, -0.2) is 13.4 Å². The molecule has 14 heteroatoms. The number of sulfonamides is 1. The fraction of sp³-hybridized carbons (Fsp3) is 0.333. The number of nitrogens with zero attached hydrogens (tertiary/aromatic N) is 4. The van der Waals surface area contributed by atoms with Crippen LogP contribution in [-0.2, 0) is 27.5 Å². The Balaban J connectivity index is 2.07. The van der Waals surface area contributed by atoms with Gasteiger partial charge in [-0.05, 0) is 49.4 Å². The van der Waals surface area contributed by atoms with Gasteiger partial charge in [-0.1, -0.05) is 17.7 Å². The SMILES string of the molecule is CCN(Cc1cccc(C(F)(F)F)n1)C(=O)CN(c1cc(N(C)C)ccc1Cl)S(=O)(=O)c1ccc(OC)c(OC)c1. The van der Waals surface area contributed by atoms with Gasteiger partial charge in [0.2, 0.25) is 5.91 Å². The molecule has 0 saturated heterocycles. The van der Waals surface area contributed by atoms with Gasteiger partial charge in [0, 0.05) is 32.4 Å². The third-order valence-electron chi connectivity index (χ3n) is 6.12. The number of methoxy groups -OCH3 is 2. The minimum atomic E-state index is -4.66. The summed E-state index contributed by atoms with van der Waals surface area (Å²) in [7, 11) is 1.84. The average Bonchev–Trinajstić information content (AvgIpc) is 2.93. The van der Waals surface area contributed by atoms with Gasteiger partial charge in [0.25, 0.3) is 10.0 Å². The highest BCUT2D eigenvalue weighted by molar-refractivity contribution is 7.92. The number of carbonyl (C=O) groups excluding carboxylic acids is 1. The number of alkyl halides is 3. The molecule has 3 rings (SSSR count). The van der Waals surface area contributed by atoms with Crippen LogP contribution in [0.4, 0.5) is 24.5 Å². The molecule has 0 unspecified atom stereocenters. The zero-order valence-electron chi connectivity index (χ0n) is 23.1. The molecule has 0 aliphatic heterocycles. The first-order valence-electron chi connectivity index (χ1n) is 12.3. The molecule has 0 bridgehead atoms. The highest BCUT2D eigenvalue weighted by Gasteiger charge is 2.34. The smallest absolute Gasteiger partial charge is 0.433 e. The summed E-state index contributed by atoms with van der Waals surface area (Å²) in [5.41, 5.74) is -0.445. The molecule has 0 saturated carbocycles. The second-order valence-corrected chi connectivity index (χ2v) is 11.2. The highest BCUT2D eigenvalue weighted by atomic mass is 35.5. The number of hydrogen-bond acceptors (Lipinski definition) is 7. The van der Waals surface area contributed by atoms with E-state index in [1.807, 2.05) is 0 Å². The largest absolute Gasteiger partial charge is 0.493 e. The summed E-state index contributed by atoms with van der Waals surface area (Å²) in [4.78, 5) is 19.9. The number of amides is 1. The number of pyridine rings is 1. The lowest BCUT2D eigenvalue weighted by molar-refractivity contribution is -0.141. The summed E-state index contributed by atoms with van der Waals surface area (Å²) in [5.74, 6) is -0.228. The van der Waals surface area contributed by atoms with Gasteiger partial charge >= 0.3 is 6.18 Å². The van der Waals surface area contributed by atoms with Crippen LogP contribution in [0.5, 0.6) is 11.5 Å². The molecule has 0 N–H and O–H groups in total. The fourth-order valence-electron chi connectivity index (χ4n) is 3.89. The van der Waals surface area contributed by atoms with Crippen molar-refractivity contribution in [2.24, 2.45) is 0 Å². The topological polar surface area (TPSA) is 92.3 Å². The minimum Gasteiger partial charge on any atom is -0.493 e. The molecule has 0 aliphatic carbocycles. The van der Waals surface area contributed by atoms with Crippen LogP contribution < -0.4 is 18.7 Å². The Morgan fingerprint density at radius 1 is 1.00 bits per heavy atom. The fourth-order valence-corrected chi connectivity index (χ4v) is 5.61. The maximum absolute atomic E-state index is 14.0. The van der Waals surface area contributed by atoms with Gasteiger partial charge in [-0.15, -0.1) is 0 Å². The Morgan fingerprint density at radius 3 is 2.27 bits per heavy atom. The number of hydrogen-bond donors (Lipinski definition) is 0. The quantitative estimate of drug-likeness (QED) is 0.297. The first kappa shape index (κ1) is 31.8. The number of carbonyl (C=O) groups is 1. The number of anilines is 2. The van der Waals surface area contributed by atoms with Gasteiger partial charge < -0.3 is 19.3 Å². The Bertz CT molecular complexity index is 1500. The predicted octanol–water partition coefficient (Wildman–Crippen LogP) is 5.08. The second-order valence-electron chi connectivity index (χ2n) is 8.98. The van der Waals surface area contributed by atoms with E-state index in [9.17, 15) is 26.4 Å². The maximum Gasteiger partial charge on any atom is 0.433 e. The van der Waals surface area contributed by atoms with Crippen molar-refractivity contribution in [3.05, 3.63) is 71.0 Å². The summed E-state index contributed by atoms with van der Waals surface area (Å²) in [5, 5.41) is 0.0649. The molecule has 0 radical (unpaired) electrons. The predicted molar refractivity (Wildman–Crippen MR) is 150 cm³/mol. The summed E-state index contributed by atoms with van der Waals surface area (Å²) in [6, 6.07) is 12.1. The lowest BCUT2D eigenvalue weighted by Crippen LogP contribution is -2.43. The first-order valence-corrected chi connectivity index (χ1v) is 14.1. The summed E-state index contributed by atoms with van der Waals surface area (Å²) >= 11 is 6.47. The van der Waals surface area contributed by atoms with Gasteiger partial charge in [0.05, 0.1) is 42.1 Å². The van der Waals surface area contributed by atoms with Crippen molar-refractivity contribution in [1.29, 1.82) is 0 Å². The number of likely N-dealkylation sites (N-methyl/N-ethyl adjacent to an activating group) is 1. The average molecular weight is 615 g/mol. The van der Waals surface area contributed by atoms with E-state index in [1.165, 1.54) is 61.6 Å². The number of rotatable bonds is 11. The van der Waals surface area contributed by atoms with Crippen LogP contribution in [0, 0.1) is 0 Å². The normalized spacial score (nSPS) is 11.6. The molecule has 2 aromatic carbocycles. The van der Waals surface area contributed by atoms with E-state index in [4.69, 9.17) is 21.1 Å². The van der Waals surface area contributed by atoms with E-state index in [2.05, 4.69) is 4.98 Å². The number of ether oxygens (including phenoxy) is 2. The molecule has 1 amide bonds. The van der Waals surface area contributed by atoms with E-state index in [1.54, 1.807) is 32.0 Å². The Kier molecular flexibility index (Phi) is 9.98. The van der Waals surface area contributed by atoms with Crippen molar-refractivity contribution in [2.75, 3.05) is 50.6 Å². The molecule has 0 atom stereocenters. The van der Waals surface area contributed by atoms with Crippen molar-refractivity contribution in [1.82, 2.24) is 9.88 Å². The van der Waals surface area contributed by atoms with Gasteiger partial charge in [-0.3, -0.25) is 9.10 Å². The van der Waals surface area contributed by atoms with Crippen molar-refractivity contribution in [2.45, 2.75) is 24.5 Å². The summed E-state index contributed by atoms with van der Waals surface area (Å²) in [6.45, 7) is 0.736. The summed E-state index contributed by atoms with van der Waals surface area (Å²) < 4.78 is 79.0. The van der Waals surface area contributed by atoms with Crippen molar-refractivity contribution >= 4 is 38.9 Å². The number of aromatic nitrogens is 1. The molecular formula is C27H30ClF3N4O5S. The maximum atomic E-state index is 14.0. The molecular weight excluding hydrogens is 585 g/mol. The molecule has 0 spiro atoms. The Morgan fingerprint density at radius 2 is 1.68 bits per heavy atom. The number of halogens is 4. The molecule has 1 heterocycles. The highest BCUT2D eigenvalue weighted by Crippen LogP contribution is 2.36. The second kappa shape index (κ2) is 12.9. The molecule has 0 fully saturated rings. The van der Waals surface area contributed by atoms with Crippen LogP contribution in [0.1, 0.15) is 18.3 Å². The molecule has 0 aliphatic rings. The van der Waals surface area contributed by atoms with Crippen LogP contribution >= 0.6 is 11.6 Å². The lowest BCUT2D eigenvalue weighted by atomic mass is 10.2. The van der Waals surface area contributed by atoms with Gasteiger partial charge in [0.1, 0.15) is 12.2 Å². The van der Waals surface area contributed by atoms with Crippen molar-refractivity contribution in [3.8, 4) is 11.5 Å². The van der Waals surface area contributed by atoms with Crippen LogP contribution in [0.2, 0.25) is 5.02 Å². The third-order valence-corrected chi connectivity index (χ3v) is 8.20. The first-order chi connectivity index (χ1) is 19.2. The molecule has 41 heavy (non-hydrogen) atoms. The third kappa shape index (κ3) is 7.33. The standard InChI is InChI=1S/C27H30ClF3N4O5S/c1-6-34(16-18-8-7-9-25(32-18)27(29,30)31)26(36)17-35(22-14-19(33(2)3)10-12-21(22)28)41(37,38)20-11-13-23(39-4)24(15-20)40-5/h7-15H,6,16-17H2,1-5H3. The van der Waals surface area contributed by atoms with E-state index >= 15 is 0 Å². The van der Waals surface area contributed by atoms with Crippen LogP contribution in [0.15, 0.2) is 59.5 Å². The van der Waals surface area contributed by atoms with Crippen LogP contribution in [-0.4, -0.2) is 65.6 Å². The van der Waals surface area contributed by atoms with E-state index in [-0.39, 0.29) is 40.1 Å².